The van der Waals surface area contributed by atoms with Gasteiger partial charge in [0.2, 0.25) is 0 Å². The maximum atomic E-state index is 11.3. The van der Waals surface area contributed by atoms with Gasteiger partial charge in [-0.05, 0) is 19.8 Å². The Kier molecular flexibility index (Phi) is 4.90. The van der Waals surface area contributed by atoms with Crippen LogP contribution in [0.4, 0.5) is 0 Å². The van der Waals surface area contributed by atoms with Crippen molar-refractivity contribution in [3.8, 4) is 5.75 Å². The molecule has 1 aliphatic rings. The quantitative estimate of drug-likeness (QED) is 0.754. The highest BCUT2D eigenvalue weighted by Crippen LogP contribution is 2.24. The number of nitrogens with one attached hydrogen (secondary N) is 1. The molecular weight excluding hydrogens is 264 g/mol. The maximum Gasteiger partial charge on any atom is 0.141 e. The van der Waals surface area contributed by atoms with Crippen LogP contribution in [-0.4, -0.2) is 37.0 Å². The molecule has 1 fully saturated rings. The summed E-state index contributed by atoms with van der Waals surface area (Å²) in [6.07, 6.45) is 3.39. The van der Waals surface area contributed by atoms with Crippen LogP contribution in [0, 0.1) is 6.92 Å². The summed E-state index contributed by atoms with van der Waals surface area (Å²) in [4.78, 5) is 4.04. The molecular formula is C13H20N2O3S. The fraction of sp³-hybridized carbons (Fsp3) is 0.615. The SMILES string of the molecule is Cc1ncc(CO)c(CNC2CCS(=O)CC2)c1O. The number of aryl methyl sites for hydroxylation is 1. The van der Waals surface area contributed by atoms with E-state index in [9.17, 15) is 14.4 Å². The second kappa shape index (κ2) is 6.45. The fourth-order valence-corrected chi connectivity index (χ4v) is 3.56. The highest BCUT2D eigenvalue weighted by Gasteiger charge is 2.18. The molecule has 0 atom stereocenters. The average Bonchev–Trinajstić information content (AvgIpc) is 2.42. The lowest BCUT2D eigenvalue weighted by Crippen LogP contribution is -2.35. The molecule has 0 bridgehead atoms. The molecule has 0 radical (unpaired) electrons. The van der Waals surface area contributed by atoms with Crippen LogP contribution in [0.5, 0.6) is 5.75 Å². The maximum absolute atomic E-state index is 11.3. The number of hydrogen-bond acceptors (Lipinski definition) is 5. The van der Waals surface area contributed by atoms with E-state index in [1.807, 2.05) is 0 Å². The van der Waals surface area contributed by atoms with E-state index < -0.39 is 10.8 Å². The first-order valence-corrected chi connectivity index (χ1v) is 7.96. The Labute approximate surface area is 115 Å². The van der Waals surface area contributed by atoms with Gasteiger partial charge in [-0.1, -0.05) is 0 Å². The van der Waals surface area contributed by atoms with Gasteiger partial charge in [-0.25, -0.2) is 0 Å². The summed E-state index contributed by atoms with van der Waals surface area (Å²) in [5.74, 6) is 1.64. The van der Waals surface area contributed by atoms with Crippen molar-refractivity contribution in [3.05, 3.63) is 23.0 Å². The summed E-state index contributed by atoms with van der Waals surface area (Å²) in [5, 5.41) is 22.7. The lowest BCUT2D eigenvalue weighted by atomic mass is 10.1. The van der Waals surface area contributed by atoms with Crippen molar-refractivity contribution < 1.29 is 14.4 Å². The number of rotatable bonds is 4. The van der Waals surface area contributed by atoms with Crippen molar-refractivity contribution in [1.82, 2.24) is 10.3 Å². The molecule has 1 aromatic rings. The Bertz CT molecular complexity index is 469. The van der Waals surface area contributed by atoms with Gasteiger partial charge >= 0.3 is 0 Å². The summed E-state index contributed by atoms with van der Waals surface area (Å²) in [6, 6.07) is 0.331. The number of aliphatic hydroxyl groups excluding tert-OH is 1. The Morgan fingerprint density at radius 1 is 1.47 bits per heavy atom. The second-order valence-electron chi connectivity index (χ2n) is 4.86. The monoisotopic (exact) mass is 284 g/mol. The first-order valence-electron chi connectivity index (χ1n) is 6.47. The fourth-order valence-electron chi connectivity index (χ4n) is 2.26. The van der Waals surface area contributed by atoms with Crippen molar-refractivity contribution in [2.45, 2.75) is 39.0 Å². The van der Waals surface area contributed by atoms with E-state index in [1.54, 1.807) is 13.1 Å². The smallest absolute Gasteiger partial charge is 0.141 e. The zero-order chi connectivity index (χ0) is 13.8. The lowest BCUT2D eigenvalue weighted by molar-refractivity contribution is 0.278. The third-order valence-corrected chi connectivity index (χ3v) is 4.94. The Hall–Kier alpha value is -0.980. The van der Waals surface area contributed by atoms with E-state index in [1.165, 1.54) is 0 Å². The Morgan fingerprint density at radius 3 is 2.79 bits per heavy atom. The topological polar surface area (TPSA) is 82.5 Å². The van der Waals surface area contributed by atoms with Crippen LogP contribution in [0.3, 0.4) is 0 Å². The Balaban J connectivity index is 2.02. The Morgan fingerprint density at radius 2 is 2.16 bits per heavy atom. The minimum Gasteiger partial charge on any atom is -0.506 e. The van der Waals surface area contributed by atoms with Crippen molar-refractivity contribution in [3.63, 3.8) is 0 Å². The normalized spacial score (nSPS) is 23.5. The third-order valence-electron chi connectivity index (χ3n) is 3.56. The highest BCUT2D eigenvalue weighted by atomic mass is 32.2. The first kappa shape index (κ1) is 14.4. The second-order valence-corrected chi connectivity index (χ2v) is 6.55. The number of aliphatic hydroxyl groups is 1. The summed E-state index contributed by atoms with van der Waals surface area (Å²) < 4.78 is 11.3. The molecule has 0 aliphatic carbocycles. The zero-order valence-electron chi connectivity index (χ0n) is 11.1. The van der Waals surface area contributed by atoms with E-state index in [4.69, 9.17) is 0 Å². The summed E-state index contributed by atoms with van der Waals surface area (Å²) in [6.45, 7) is 2.11. The molecule has 2 rings (SSSR count). The van der Waals surface area contributed by atoms with E-state index in [-0.39, 0.29) is 12.4 Å². The molecule has 106 valence electrons. The molecule has 2 heterocycles. The summed E-state index contributed by atoms with van der Waals surface area (Å²) in [7, 11) is -0.662. The zero-order valence-corrected chi connectivity index (χ0v) is 11.9. The standard InChI is InChI=1S/C13H20N2O3S/c1-9-13(17)12(10(8-16)6-14-9)7-15-11-2-4-19(18)5-3-11/h6,11,15-17H,2-5,7-8H2,1H3. The molecule has 1 aromatic heterocycles. The van der Waals surface area contributed by atoms with E-state index >= 15 is 0 Å². The van der Waals surface area contributed by atoms with Crippen LogP contribution in [0.15, 0.2) is 6.20 Å². The van der Waals surface area contributed by atoms with Gasteiger partial charge in [0, 0.05) is 52.2 Å². The minimum absolute atomic E-state index is 0.132. The minimum atomic E-state index is -0.662. The number of nitrogens with zero attached hydrogens (tertiary/aromatic N) is 1. The summed E-state index contributed by atoms with van der Waals surface area (Å²) >= 11 is 0. The molecule has 0 aromatic carbocycles. The van der Waals surface area contributed by atoms with Crippen LogP contribution in [0.25, 0.3) is 0 Å². The highest BCUT2D eigenvalue weighted by molar-refractivity contribution is 7.85. The molecule has 0 saturated carbocycles. The number of hydrogen-bond donors (Lipinski definition) is 3. The molecule has 6 heteroatoms. The van der Waals surface area contributed by atoms with Crippen molar-refractivity contribution >= 4 is 10.8 Å². The van der Waals surface area contributed by atoms with Gasteiger partial charge in [-0.15, -0.1) is 0 Å². The number of aromatic nitrogens is 1. The van der Waals surface area contributed by atoms with Gasteiger partial charge in [0.1, 0.15) is 5.75 Å². The first-order chi connectivity index (χ1) is 9.11. The summed E-state index contributed by atoms with van der Waals surface area (Å²) in [5.41, 5.74) is 1.93. The molecule has 0 amide bonds. The third kappa shape index (κ3) is 3.52. The molecule has 0 spiro atoms. The van der Waals surface area contributed by atoms with Crippen LogP contribution in [0.1, 0.15) is 29.7 Å². The predicted octanol–water partition coefficient (Wildman–Crippen LogP) is 0.589. The molecule has 19 heavy (non-hydrogen) atoms. The van der Waals surface area contributed by atoms with Gasteiger partial charge in [0.25, 0.3) is 0 Å². The van der Waals surface area contributed by atoms with Gasteiger partial charge < -0.3 is 15.5 Å². The number of aromatic hydroxyl groups is 1. The van der Waals surface area contributed by atoms with Gasteiger partial charge in [-0.2, -0.15) is 0 Å². The van der Waals surface area contributed by atoms with Crippen molar-refractivity contribution in [2.75, 3.05) is 11.5 Å². The molecule has 5 nitrogen and oxygen atoms in total. The number of pyridine rings is 1. The largest absolute Gasteiger partial charge is 0.506 e. The van der Waals surface area contributed by atoms with Crippen LogP contribution < -0.4 is 5.32 Å². The van der Waals surface area contributed by atoms with E-state index in [2.05, 4.69) is 10.3 Å². The van der Waals surface area contributed by atoms with Gasteiger partial charge in [0.15, 0.2) is 0 Å². The molecule has 1 saturated heterocycles. The van der Waals surface area contributed by atoms with Crippen molar-refractivity contribution in [1.29, 1.82) is 0 Å². The predicted molar refractivity (Wildman–Crippen MR) is 74.3 cm³/mol. The van der Waals surface area contributed by atoms with Crippen LogP contribution in [-0.2, 0) is 24.0 Å². The molecule has 1 aliphatic heterocycles. The van der Waals surface area contributed by atoms with Crippen LogP contribution >= 0.6 is 0 Å². The molecule has 3 N–H and O–H groups in total. The van der Waals surface area contributed by atoms with Crippen molar-refractivity contribution in [2.24, 2.45) is 0 Å². The average molecular weight is 284 g/mol. The molecule has 0 unspecified atom stereocenters. The van der Waals surface area contributed by atoms with E-state index in [0.717, 1.165) is 24.3 Å². The van der Waals surface area contributed by atoms with Crippen LogP contribution in [0.2, 0.25) is 0 Å². The lowest BCUT2D eigenvalue weighted by Gasteiger charge is -2.23. The van der Waals surface area contributed by atoms with E-state index in [0.29, 0.717) is 29.4 Å². The van der Waals surface area contributed by atoms with Gasteiger partial charge in [0.05, 0.1) is 12.3 Å². The van der Waals surface area contributed by atoms with Gasteiger partial charge in [-0.3, -0.25) is 9.19 Å².